The second kappa shape index (κ2) is 14.1. The van der Waals surface area contributed by atoms with Gasteiger partial charge in [0.2, 0.25) is 0 Å². The highest BCUT2D eigenvalue weighted by atomic mass is 16.5. The quantitative estimate of drug-likeness (QED) is 0.167. The van der Waals surface area contributed by atoms with E-state index in [9.17, 15) is 0 Å². The van der Waals surface area contributed by atoms with Crippen molar-refractivity contribution in [3.63, 3.8) is 0 Å². The van der Waals surface area contributed by atoms with E-state index >= 15 is 0 Å². The Bertz CT molecular complexity index is 3570. The van der Waals surface area contributed by atoms with Gasteiger partial charge in [0, 0.05) is 50.3 Å². The van der Waals surface area contributed by atoms with Crippen molar-refractivity contribution in [1.82, 2.24) is 0 Å². The molecule has 10 aromatic rings. The summed E-state index contributed by atoms with van der Waals surface area (Å²) >= 11 is 0. The second-order valence-corrected chi connectivity index (χ2v) is 18.0. The summed E-state index contributed by atoms with van der Waals surface area (Å²) in [5.41, 5.74) is 18.5. The van der Waals surface area contributed by atoms with Gasteiger partial charge in [-0.15, -0.1) is 0 Å². The maximum atomic E-state index is 6.47. The van der Waals surface area contributed by atoms with Gasteiger partial charge >= 0.3 is 0 Å². The summed E-state index contributed by atoms with van der Waals surface area (Å²) in [5, 5.41) is 4.79. The zero-order valence-electron chi connectivity index (χ0n) is 35.6. The van der Waals surface area contributed by atoms with E-state index in [0.717, 1.165) is 55.9 Å². The van der Waals surface area contributed by atoms with Crippen LogP contribution in [0.1, 0.15) is 42.0 Å². The molecule has 64 heavy (non-hydrogen) atoms. The normalized spacial score (nSPS) is 16.6. The fourth-order valence-corrected chi connectivity index (χ4v) is 10.7. The molecule has 2 heterocycles. The Morgan fingerprint density at radius 1 is 0.484 bits per heavy atom. The lowest BCUT2D eigenvalue weighted by Gasteiger charge is -2.28. The van der Waals surface area contributed by atoms with Crippen molar-refractivity contribution >= 4 is 55.3 Å². The van der Waals surface area contributed by atoms with Gasteiger partial charge < -0.3 is 14.1 Å². The van der Waals surface area contributed by atoms with Crippen LogP contribution in [0.5, 0.6) is 5.75 Å². The molecule has 1 aromatic heterocycles. The number of benzene rings is 9. The Balaban J connectivity index is 0.891. The number of rotatable bonds is 6. The minimum Gasteiger partial charge on any atom is -0.485 e. The largest absolute Gasteiger partial charge is 0.485 e. The molecular weight excluding hydrogens is 779 g/mol. The molecule has 1 aliphatic heterocycles. The predicted octanol–water partition coefficient (Wildman–Crippen LogP) is 16.3. The number of nitrogens with zero attached hydrogens (tertiary/aromatic N) is 1. The number of anilines is 3. The highest BCUT2D eigenvalue weighted by Gasteiger charge is 2.37. The fourth-order valence-electron chi connectivity index (χ4n) is 10.7. The van der Waals surface area contributed by atoms with Crippen molar-refractivity contribution in [3.05, 3.63) is 235 Å². The molecule has 0 saturated carbocycles. The van der Waals surface area contributed by atoms with E-state index in [4.69, 9.17) is 9.15 Å². The number of furan rings is 1. The molecule has 0 saturated heterocycles. The summed E-state index contributed by atoms with van der Waals surface area (Å²) in [7, 11) is 0. The number of hydrogen-bond donors (Lipinski definition) is 0. The first-order valence-electron chi connectivity index (χ1n) is 22.3. The van der Waals surface area contributed by atoms with Crippen molar-refractivity contribution in [3.8, 4) is 39.1 Å². The molecule has 0 amide bonds. The molecule has 3 heteroatoms. The van der Waals surface area contributed by atoms with Crippen LogP contribution in [0, 0.1) is 0 Å². The zero-order valence-corrected chi connectivity index (χ0v) is 35.6. The average Bonchev–Trinajstić information content (AvgIpc) is 3.99. The third kappa shape index (κ3) is 5.74. The van der Waals surface area contributed by atoms with Gasteiger partial charge in [0.05, 0.1) is 0 Å². The third-order valence-electron chi connectivity index (χ3n) is 14.0. The smallest absolute Gasteiger partial charge is 0.143 e. The van der Waals surface area contributed by atoms with Crippen LogP contribution in [0.25, 0.3) is 71.7 Å². The van der Waals surface area contributed by atoms with Gasteiger partial charge in [-0.3, -0.25) is 0 Å². The van der Waals surface area contributed by atoms with E-state index in [1.807, 2.05) is 18.2 Å². The van der Waals surface area contributed by atoms with Crippen molar-refractivity contribution in [1.29, 1.82) is 0 Å². The molecule has 0 bridgehead atoms. The van der Waals surface area contributed by atoms with Crippen LogP contribution in [0.2, 0.25) is 0 Å². The lowest BCUT2D eigenvalue weighted by atomic mass is 9.81. The lowest BCUT2D eigenvalue weighted by molar-refractivity contribution is 0.269. The summed E-state index contributed by atoms with van der Waals surface area (Å²) in [6.45, 7) is 4.75. The molecule has 2 unspecified atom stereocenters. The topological polar surface area (TPSA) is 25.6 Å². The first kappa shape index (κ1) is 36.7. The third-order valence-corrected chi connectivity index (χ3v) is 14.0. The van der Waals surface area contributed by atoms with Crippen LogP contribution >= 0.6 is 0 Å². The van der Waals surface area contributed by atoms with Gasteiger partial charge in [-0.25, -0.2) is 0 Å². The standard InChI is InChI=1S/C61H43NO2/c1-61(2)55-36-44(42-19-18-38-10-3-4-11-41(38)34-42)24-31-49(55)50-32-30-47(37-56(50)61)62(45-26-20-39(21-27-45)43-25-33-59-54(35-43)52-13-6-7-16-57(52)63-59)46-28-22-40(23-29-46)48-14-9-15-53-51-12-5-8-17-58(51)64-60(48)53/h3-37,54,59H,1-2H3. The molecule has 3 aliphatic rings. The maximum Gasteiger partial charge on any atom is 0.143 e. The lowest BCUT2D eigenvalue weighted by Crippen LogP contribution is -2.17. The van der Waals surface area contributed by atoms with Crippen LogP contribution in [0.15, 0.2) is 217 Å². The van der Waals surface area contributed by atoms with Crippen molar-refractivity contribution in [2.75, 3.05) is 4.90 Å². The van der Waals surface area contributed by atoms with E-state index in [-0.39, 0.29) is 17.4 Å². The summed E-state index contributed by atoms with van der Waals surface area (Å²) in [6.07, 6.45) is 6.84. The van der Waals surface area contributed by atoms with Gasteiger partial charge in [-0.2, -0.15) is 0 Å². The molecule has 2 atom stereocenters. The van der Waals surface area contributed by atoms with Crippen molar-refractivity contribution < 1.29 is 9.15 Å². The molecule has 0 fully saturated rings. The van der Waals surface area contributed by atoms with Crippen molar-refractivity contribution in [2.24, 2.45) is 0 Å². The fraction of sp³-hybridized carbons (Fsp3) is 0.0820. The Morgan fingerprint density at radius 2 is 1.12 bits per heavy atom. The Hall–Kier alpha value is -7.88. The van der Waals surface area contributed by atoms with Crippen LogP contribution < -0.4 is 9.64 Å². The highest BCUT2D eigenvalue weighted by molar-refractivity contribution is 6.09. The number of allylic oxidation sites excluding steroid dienone is 2. The van der Waals surface area contributed by atoms with Crippen LogP contribution in [0.3, 0.4) is 0 Å². The van der Waals surface area contributed by atoms with E-state index in [2.05, 4.69) is 213 Å². The van der Waals surface area contributed by atoms with Gasteiger partial charge in [0.1, 0.15) is 23.0 Å². The zero-order chi connectivity index (χ0) is 42.5. The van der Waals surface area contributed by atoms with Gasteiger partial charge in [-0.1, -0.05) is 159 Å². The van der Waals surface area contributed by atoms with Gasteiger partial charge in [0.25, 0.3) is 0 Å². The first-order valence-corrected chi connectivity index (χ1v) is 22.3. The molecule has 2 aliphatic carbocycles. The molecule has 13 rings (SSSR count). The summed E-state index contributed by atoms with van der Waals surface area (Å²) < 4.78 is 12.7. The minimum absolute atomic E-state index is 0.0400. The Labute approximate surface area is 372 Å². The van der Waals surface area contributed by atoms with Crippen LogP contribution in [0.4, 0.5) is 17.1 Å². The van der Waals surface area contributed by atoms with Crippen LogP contribution in [-0.4, -0.2) is 6.10 Å². The summed E-state index contributed by atoms with van der Waals surface area (Å²) in [6, 6.07) is 70.7. The molecule has 3 nitrogen and oxygen atoms in total. The van der Waals surface area contributed by atoms with Gasteiger partial charge in [-0.05, 0) is 128 Å². The molecule has 0 radical (unpaired) electrons. The number of hydrogen-bond acceptors (Lipinski definition) is 3. The predicted molar refractivity (Wildman–Crippen MR) is 265 cm³/mol. The average molecular weight is 822 g/mol. The highest BCUT2D eigenvalue weighted by Crippen LogP contribution is 2.52. The SMILES string of the molecule is CC1(C)c2cc(-c3ccc4ccccc4c3)ccc2-c2ccc(N(c3ccc(C4=CC5c6ccccc6OC5C=C4)cc3)c3ccc(-c4cccc5c4oc4ccccc45)cc3)cc21. The Morgan fingerprint density at radius 3 is 1.97 bits per heavy atom. The summed E-state index contributed by atoms with van der Waals surface area (Å²) in [4.78, 5) is 2.40. The van der Waals surface area contributed by atoms with E-state index in [1.165, 1.54) is 60.9 Å². The molecule has 0 N–H and O–H groups in total. The van der Waals surface area contributed by atoms with E-state index < -0.39 is 0 Å². The maximum absolute atomic E-state index is 6.47. The number of para-hydroxylation sites is 3. The molecule has 0 spiro atoms. The molecule has 9 aromatic carbocycles. The van der Waals surface area contributed by atoms with Crippen LogP contribution in [-0.2, 0) is 5.41 Å². The molecule has 304 valence electrons. The first-order chi connectivity index (χ1) is 31.4. The monoisotopic (exact) mass is 821 g/mol. The number of ether oxygens (including phenoxy) is 1. The van der Waals surface area contributed by atoms with Gasteiger partial charge in [0.15, 0.2) is 0 Å². The van der Waals surface area contributed by atoms with E-state index in [1.54, 1.807) is 0 Å². The molecular formula is C61H43NO2. The summed E-state index contributed by atoms with van der Waals surface area (Å²) in [5.74, 6) is 1.19. The minimum atomic E-state index is -0.210. The van der Waals surface area contributed by atoms with E-state index in [0.29, 0.717) is 0 Å². The van der Waals surface area contributed by atoms with Crippen molar-refractivity contribution in [2.45, 2.75) is 31.3 Å². The Kier molecular flexibility index (Phi) is 8.08. The number of fused-ring (bicyclic) bond motifs is 10. The second-order valence-electron chi connectivity index (χ2n) is 18.0.